The minimum Gasteiger partial charge on any atom is -0.357 e. The summed E-state index contributed by atoms with van der Waals surface area (Å²) in [7, 11) is 1.95. The van der Waals surface area contributed by atoms with E-state index >= 15 is 4.39 Å². The van der Waals surface area contributed by atoms with Gasteiger partial charge in [0.15, 0.2) is 11.6 Å². The van der Waals surface area contributed by atoms with E-state index in [9.17, 15) is 8.78 Å². The van der Waals surface area contributed by atoms with E-state index in [-0.39, 0.29) is 11.6 Å². The maximum Gasteiger partial charge on any atom is 0.270 e. The molecule has 0 N–H and O–H groups in total. The third-order valence-corrected chi connectivity index (χ3v) is 5.71. The Balaban J connectivity index is 1.55. The van der Waals surface area contributed by atoms with Gasteiger partial charge in [-0.1, -0.05) is 24.3 Å². The summed E-state index contributed by atoms with van der Waals surface area (Å²) in [5.74, 6) is -2.97. The van der Waals surface area contributed by atoms with Gasteiger partial charge in [0, 0.05) is 38.5 Å². The van der Waals surface area contributed by atoms with E-state index in [0.29, 0.717) is 30.9 Å². The topological polar surface area (TPSA) is 34.0 Å². The van der Waals surface area contributed by atoms with Crippen LogP contribution in [0.25, 0.3) is 0 Å². The zero-order chi connectivity index (χ0) is 21.3. The first-order valence-corrected chi connectivity index (χ1v) is 10.2. The van der Waals surface area contributed by atoms with Gasteiger partial charge >= 0.3 is 0 Å². The Morgan fingerprint density at radius 3 is 2.53 bits per heavy atom. The lowest BCUT2D eigenvalue weighted by Crippen LogP contribution is -2.25. The number of alkyl halides is 2. The van der Waals surface area contributed by atoms with Crippen molar-refractivity contribution in [1.82, 2.24) is 14.5 Å². The van der Waals surface area contributed by atoms with Crippen LogP contribution >= 0.6 is 0 Å². The first kappa shape index (κ1) is 20.4. The number of halogens is 3. The van der Waals surface area contributed by atoms with Gasteiger partial charge in [-0.15, -0.1) is 0 Å². The predicted octanol–water partition coefficient (Wildman–Crippen LogP) is 5.19. The van der Waals surface area contributed by atoms with E-state index in [4.69, 9.17) is 0 Å². The Labute approximate surface area is 174 Å². The van der Waals surface area contributed by atoms with Crippen LogP contribution in [0.4, 0.5) is 19.0 Å². The molecular weight excluding hydrogens is 389 g/mol. The van der Waals surface area contributed by atoms with Crippen molar-refractivity contribution in [1.29, 1.82) is 0 Å². The molecule has 158 valence electrons. The first-order valence-electron chi connectivity index (χ1n) is 10.2. The van der Waals surface area contributed by atoms with Crippen molar-refractivity contribution in [3.8, 4) is 0 Å². The molecule has 1 saturated heterocycles. The molecule has 0 amide bonds. The summed E-state index contributed by atoms with van der Waals surface area (Å²) >= 11 is 0. The van der Waals surface area contributed by atoms with Gasteiger partial charge in [-0.05, 0) is 42.9 Å². The Bertz CT molecular complexity index is 1010. The molecule has 0 aliphatic carbocycles. The van der Waals surface area contributed by atoms with Crippen LogP contribution in [0, 0.1) is 5.82 Å². The molecule has 2 aromatic heterocycles. The number of aryl methyl sites for hydroxylation is 3. The predicted molar refractivity (Wildman–Crippen MR) is 110 cm³/mol. The van der Waals surface area contributed by atoms with Gasteiger partial charge in [0.25, 0.3) is 5.92 Å². The molecular formula is C23H25F3N4. The Morgan fingerprint density at radius 1 is 1.10 bits per heavy atom. The highest BCUT2D eigenvalue weighted by Crippen LogP contribution is 2.37. The normalized spacial score (nSPS) is 17.0. The van der Waals surface area contributed by atoms with E-state index in [0.717, 1.165) is 30.9 Å². The van der Waals surface area contributed by atoms with E-state index in [2.05, 4.69) is 9.97 Å². The summed E-state index contributed by atoms with van der Waals surface area (Å²) in [6.07, 6.45) is 8.29. The monoisotopic (exact) mass is 414 g/mol. The molecule has 4 nitrogen and oxygen atoms in total. The minimum atomic E-state index is -2.87. The molecule has 0 spiro atoms. The van der Waals surface area contributed by atoms with Gasteiger partial charge in [-0.25, -0.2) is 23.1 Å². The maximum absolute atomic E-state index is 15.3. The van der Waals surface area contributed by atoms with E-state index < -0.39 is 11.7 Å². The van der Waals surface area contributed by atoms with Gasteiger partial charge in [0.1, 0.15) is 6.33 Å². The van der Waals surface area contributed by atoms with Gasteiger partial charge in [0.2, 0.25) is 0 Å². The fraction of sp³-hybridized carbons (Fsp3) is 0.391. The average molecular weight is 414 g/mol. The third kappa shape index (κ3) is 4.20. The molecule has 0 radical (unpaired) electrons. The summed E-state index contributed by atoms with van der Waals surface area (Å²) in [5, 5.41) is 0. The molecule has 1 unspecified atom stereocenters. The molecule has 1 aliphatic heterocycles. The molecule has 1 atom stereocenters. The fourth-order valence-corrected chi connectivity index (χ4v) is 4.11. The van der Waals surface area contributed by atoms with Crippen molar-refractivity contribution in [2.45, 2.75) is 44.6 Å². The average Bonchev–Trinajstić information content (AvgIpc) is 3.36. The number of rotatable bonds is 6. The Hall–Kier alpha value is -2.83. The first-order chi connectivity index (χ1) is 14.3. The van der Waals surface area contributed by atoms with Gasteiger partial charge in [-0.2, -0.15) is 0 Å². The Kier molecular flexibility index (Phi) is 5.54. The standard InChI is InChI=1S/C23H25F3N4/c1-23(25,26)18-8-6-17(7-9-18)20-4-3-12-30(20)22-21(24)19(27-15-28-22)10-5-16-11-13-29(2)14-16/h6-9,11,13-15,20H,3-5,10,12H2,1-2H3. The molecule has 3 heterocycles. The number of anilines is 1. The number of hydrogen-bond acceptors (Lipinski definition) is 3. The third-order valence-electron chi connectivity index (χ3n) is 5.71. The molecule has 30 heavy (non-hydrogen) atoms. The lowest BCUT2D eigenvalue weighted by atomic mass is 10.0. The summed E-state index contributed by atoms with van der Waals surface area (Å²) in [4.78, 5) is 10.3. The molecule has 3 aromatic rings. The van der Waals surface area contributed by atoms with Crippen molar-refractivity contribution in [3.05, 3.63) is 77.3 Å². The highest BCUT2D eigenvalue weighted by atomic mass is 19.3. The SMILES string of the molecule is Cn1ccc(CCc2ncnc(N3CCCC3c3ccc(C(C)(F)F)cc3)c2F)c1. The fourth-order valence-electron chi connectivity index (χ4n) is 4.11. The van der Waals surface area contributed by atoms with Gasteiger partial charge < -0.3 is 9.47 Å². The van der Waals surface area contributed by atoms with Crippen molar-refractivity contribution in [2.75, 3.05) is 11.4 Å². The second kappa shape index (κ2) is 8.13. The molecule has 1 aliphatic rings. The smallest absolute Gasteiger partial charge is 0.270 e. The number of nitrogens with zero attached hydrogens (tertiary/aromatic N) is 4. The van der Waals surface area contributed by atoms with Crippen LogP contribution < -0.4 is 4.90 Å². The van der Waals surface area contributed by atoms with Gasteiger partial charge in [-0.3, -0.25) is 0 Å². The van der Waals surface area contributed by atoms with E-state index in [1.165, 1.54) is 18.5 Å². The molecule has 1 fully saturated rings. The van der Waals surface area contributed by atoms with Crippen LogP contribution in [-0.4, -0.2) is 21.1 Å². The van der Waals surface area contributed by atoms with Gasteiger partial charge in [0.05, 0.1) is 11.7 Å². The highest BCUT2D eigenvalue weighted by Gasteiger charge is 2.31. The van der Waals surface area contributed by atoms with Crippen LogP contribution in [-0.2, 0) is 25.8 Å². The minimum absolute atomic E-state index is 0.0211. The molecule has 4 rings (SSSR count). The summed E-state index contributed by atoms with van der Waals surface area (Å²) < 4.78 is 44.3. The Morgan fingerprint density at radius 2 is 1.87 bits per heavy atom. The summed E-state index contributed by atoms with van der Waals surface area (Å²) in [5.41, 5.74) is 2.40. The second-order valence-electron chi connectivity index (χ2n) is 8.00. The largest absolute Gasteiger partial charge is 0.357 e. The summed E-state index contributed by atoms with van der Waals surface area (Å²) in [6.45, 7) is 1.56. The number of aromatic nitrogens is 3. The quantitative estimate of drug-likeness (QED) is 0.557. The van der Waals surface area contributed by atoms with Crippen molar-refractivity contribution < 1.29 is 13.2 Å². The highest BCUT2D eigenvalue weighted by molar-refractivity contribution is 5.46. The van der Waals surface area contributed by atoms with Crippen molar-refractivity contribution in [3.63, 3.8) is 0 Å². The molecule has 1 aromatic carbocycles. The van der Waals surface area contributed by atoms with E-state index in [1.807, 2.05) is 35.0 Å². The van der Waals surface area contributed by atoms with Crippen LogP contribution in [0.15, 0.2) is 49.1 Å². The second-order valence-corrected chi connectivity index (χ2v) is 8.00. The van der Waals surface area contributed by atoms with Crippen LogP contribution in [0.3, 0.4) is 0 Å². The lowest BCUT2D eigenvalue weighted by Gasteiger charge is -2.27. The van der Waals surface area contributed by atoms with Crippen LogP contribution in [0.2, 0.25) is 0 Å². The van der Waals surface area contributed by atoms with Crippen molar-refractivity contribution in [2.24, 2.45) is 7.05 Å². The summed E-state index contributed by atoms with van der Waals surface area (Å²) in [6, 6.07) is 8.26. The molecule has 0 bridgehead atoms. The molecule has 0 saturated carbocycles. The van der Waals surface area contributed by atoms with E-state index in [1.54, 1.807) is 12.1 Å². The van der Waals surface area contributed by atoms with Crippen molar-refractivity contribution >= 4 is 5.82 Å². The van der Waals surface area contributed by atoms with Crippen LogP contribution in [0.5, 0.6) is 0 Å². The number of benzene rings is 1. The molecule has 7 heteroatoms. The zero-order valence-corrected chi connectivity index (χ0v) is 17.2. The van der Waals surface area contributed by atoms with Crippen LogP contribution in [0.1, 0.15) is 48.2 Å². The lowest BCUT2D eigenvalue weighted by molar-refractivity contribution is 0.0174. The maximum atomic E-state index is 15.3. The zero-order valence-electron chi connectivity index (χ0n) is 17.2. The number of hydrogen-bond donors (Lipinski definition) is 0.